The van der Waals surface area contributed by atoms with Crippen molar-refractivity contribution in [3.05, 3.63) is 29.2 Å². The molecule has 0 unspecified atom stereocenters. The number of aromatic nitrogens is 3. The molecule has 0 amide bonds. The van der Waals surface area contributed by atoms with Crippen LogP contribution in [-0.2, 0) is 12.6 Å². The Morgan fingerprint density at radius 3 is 2.61 bits per heavy atom. The lowest BCUT2D eigenvalue weighted by atomic mass is 10.2. The Morgan fingerprint density at radius 2 is 2.11 bits per heavy atom. The average Bonchev–Trinajstić information content (AvgIpc) is 2.70. The van der Waals surface area contributed by atoms with Crippen LogP contribution in [0.15, 0.2) is 12.1 Å². The Morgan fingerprint density at radius 1 is 1.44 bits per heavy atom. The van der Waals surface area contributed by atoms with E-state index in [9.17, 15) is 18.0 Å². The van der Waals surface area contributed by atoms with Crippen LogP contribution in [0.2, 0.25) is 0 Å². The molecule has 0 spiro atoms. The third-order valence-corrected chi connectivity index (χ3v) is 2.35. The van der Waals surface area contributed by atoms with E-state index in [1.54, 1.807) is 6.92 Å². The summed E-state index contributed by atoms with van der Waals surface area (Å²) >= 11 is 0. The third kappa shape index (κ3) is 2.01. The first-order chi connectivity index (χ1) is 8.32. The van der Waals surface area contributed by atoms with Gasteiger partial charge in [-0.1, -0.05) is 6.92 Å². The van der Waals surface area contributed by atoms with Gasteiger partial charge in [0, 0.05) is 11.8 Å². The smallest absolute Gasteiger partial charge is 0.435 e. The third-order valence-electron chi connectivity index (χ3n) is 2.35. The molecule has 2 aromatic heterocycles. The molecule has 5 nitrogen and oxygen atoms in total. The molecule has 0 aliphatic heterocycles. The zero-order chi connectivity index (χ0) is 13.5. The number of hydrogen-bond acceptors (Lipinski definition) is 3. The molecule has 0 atom stereocenters. The minimum absolute atomic E-state index is 0.126. The molecule has 0 saturated carbocycles. The minimum atomic E-state index is -4.63. The highest BCUT2D eigenvalue weighted by Crippen LogP contribution is 2.28. The van der Waals surface area contributed by atoms with Gasteiger partial charge in [0.15, 0.2) is 17.0 Å². The Kier molecular flexibility index (Phi) is 2.72. The van der Waals surface area contributed by atoms with Crippen LogP contribution in [0.5, 0.6) is 0 Å². The van der Waals surface area contributed by atoms with E-state index in [0.29, 0.717) is 16.6 Å². The van der Waals surface area contributed by atoms with Gasteiger partial charge in [0.05, 0.1) is 0 Å². The van der Waals surface area contributed by atoms with E-state index in [1.807, 2.05) is 0 Å². The number of carboxylic acid groups (broad SMARTS) is 1. The van der Waals surface area contributed by atoms with Crippen molar-refractivity contribution in [2.24, 2.45) is 0 Å². The summed E-state index contributed by atoms with van der Waals surface area (Å²) in [6.07, 6.45) is -4.21. The molecule has 96 valence electrons. The first-order valence-corrected chi connectivity index (χ1v) is 5.03. The zero-order valence-corrected chi connectivity index (χ0v) is 9.19. The molecule has 0 saturated heterocycles. The number of alkyl halides is 3. The lowest BCUT2D eigenvalue weighted by molar-refractivity contribution is -0.141. The van der Waals surface area contributed by atoms with Crippen LogP contribution in [0.25, 0.3) is 5.65 Å². The van der Waals surface area contributed by atoms with E-state index in [-0.39, 0.29) is 11.3 Å². The molecule has 0 aliphatic rings. The van der Waals surface area contributed by atoms with Gasteiger partial charge < -0.3 is 5.11 Å². The molecule has 0 radical (unpaired) electrons. The number of aromatic carboxylic acids is 1. The van der Waals surface area contributed by atoms with E-state index in [0.717, 1.165) is 6.07 Å². The van der Waals surface area contributed by atoms with E-state index in [4.69, 9.17) is 5.11 Å². The van der Waals surface area contributed by atoms with Crippen molar-refractivity contribution in [3.8, 4) is 0 Å². The summed E-state index contributed by atoms with van der Waals surface area (Å²) in [6.45, 7) is 1.73. The number of aryl methyl sites for hydroxylation is 1. The Bertz CT molecular complexity index is 619. The van der Waals surface area contributed by atoms with Crippen molar-refractivity contribution in [2.45, 2.75) is 19.5 Å². The first kappa shape index (κ1) is 12.3. The fourth-order valence-corrected chi connectivity index (χ4v) is 1.50. The second-order valence-electron chi connectivity index (χ2n) is 3.59. The number of carboxylic acids is 1. The van der Waals surface area contributed by atoms with Crippen LogP contribution in [0.4, 0.5) is 13.2 Å². The van der Waals surface area contributed by atoms with Gasteiger partial charge >= 0.3 is 12.1 Å². The summed E-state index contributed by atoms with van der Waals surface area (Å²) < 4.78 is 38.2. The lowest BCUT2D eigenvalue weighted by Crippen LogP contribution is -2.11. The molecule has 0 fully saturated rings. The highest BCUT2D eigenvalue weighted by molar-refractivity contribution is 5.86. The number of fused-ring (bicyclic) bond motifs is 1. The summed E-state index contributed by atoms with van der Waals surface area (Å²) in [6, 6.07) is 1.94. The number of halogens is 3. The number of hydrogen-bond donors (Lipinski definition) is 1. The maximum Gasteiger partial charge on any atom is 0.435 e. The molecule has 0 aliphatic carbocycles. The summed E-state index contributed by atoms with van der Waals surface area (Å²) in [4.78, 5) is 14.9. The molecule has 2 rings (SSSR count). The van der Waals surface area contributed by atoms with Crippen LogP contribution in [0.1, 0.15) is 28.8 Å². The molecule has 2 heterocycles. The van der Waals surface area contributed by atoms with Crippen molar-refractivity contribution in [2.75, 3.05) is 0 Å². The molecule has 0 aromatic carbocycles. The molecule has 8 heteroatoms. The SMILES string of the molecule is CCc1cc(C(=O)O)n2nc(C(F)(F)F)cc2n1. The Hall–Kier alpha value is -2.12. The van der Waals surface area contributed by atoms with Crippen LogP contribution in [0, 0.1) is 0 Å². The van der Waals surface area contributed by atoms with E-state index >= 15 is 0 Å². The van der Waals surface area contributed by atoms with Crippen LogP contribution >= 0.6 is 0 Å². The predicted octanol–water partition coefficient (Wildman–Crippen LogP) is 2.01. The largest absolute Gasteiger partial charge is 0.477 e. The van der Waals surface area contributed by atoms with E-state index in [2.05, 4.69) is 10.1 Å². The topological polar surface area (TPSA) is 67.5 Å². The standard InChI is InChI=1S/C10H8F3N3O2/c1-2-5-3-6(9(17)18)16-8(14-5)4-7(15-16)10(11,12)13/h3-4H,2H2,1H3,(H,17,18). The molecular weight excluding hydrogens is 251 g/mol. The monoisotopic (exact) mass is 259 g/mol. The maximum absolute atomic E-state index is 12.5. The van der Waals surface area contributed by atoms with Crippen LogP contribution in [0.3, 0.4) is 0 Å². The van der Waals surface area contributed by atoms with Gasteiger partial charge in [-0.2, -0.15) is 18.3 Å². The van der Waals surface area contributed by atoms with E-state index in [1.165, 1.54) is 6.07 Å². The van der Waals surface area contributed by atoms with Crippen molar-refractivity contribution >= 4 is 11.6 Å². The molecule has 2 aromatic rings. The summed E-state index contributed by atoms with van der Waals surface area (Å²) in [5, 5.41) is 12.2. The van der Waals surface area contributed by atoms with Gasteiger partial charge in [-0.05, 0) is 12.5 Å². The molecule has 1 N–H and O–H groups in total. The van der Waals surface area contributed by atoms with Crippen molar-refractivity contribution in [1.29, 1.82) is 0 Å². The quantitative estimate of drug-likeness (QED) is 0.895. The van der Waals surface area contributed by atoms with Crippen molar-refractivity contribution in [3.63, 3.8) is 0 Å². The Labute approximate surface area is 98.9 Å². The fraction of sp³-hybridized carbons (Fsp3) is 0.300. The van der Waals surface area contributed by atoms with Gasteiger partial charge in [0.25, 0.3) is 0 Å². The molecule has 0 bridgehead atoms. The second-order valence-corrected chi connectivity index (χ2v) is 3.59. The maximum atomic E-state index is 12.5. The predicted molar refractivity (Wildman–Crippen MR) is 54.3 cm³/mol. The molecule has 18 heavy (non-hydrogen) atoms. The first-order valence-electron chi connectivity index (χ1n) is 5.03. The number of rotatable bonds is 2. The summed E-state index contributed by atoms with van der Waals surface area (Å²) in [5.41, 5.74) is -1.23. The highest BCUT2D eigenvalue weighted by atomic mass is 19.4. The Balaban J connectivity index is 2.74. The average molecular weight is 259 g/mol. The lowest BCUT2D eigenvalue weighted by Gasteiger charge is -2.02. The molecular formula is C10H8F3N3O2. The zero-order valence-electron chi connectivity index (χ0n) is 9.19. The van der Waals surface area contributed by atoms with Crippen LogP contribution in [-0.4, -0.2) is 25.7 Å². The van der Waals surface area contributed by atoms with Gasteiger partial charge in [-0.3, -0.25) is 0 Å². The summed E-state index contributed by atoms with van der Waals surface area (Å²) in [7, 11) is 0. The normalized spacial score (nSPS) is 12.0. The second kappa shape index (κ2) is 3.97. The fourth-order valence-electron chi connectivity index (χ4n) is 1.50. The summed E-state index contributed by atoms with van der Waals surface area (Å²) in [5.74, 6) is -1.35. The van der Waals surface area contributed by atoms with Crippen molar-refractivity contribution < 1.29 is 23.1 Å². The van der Waals surface area contributed by atoms with Crippen molar-refractivity contribution in [1.82, 2.24) is 14.6 Å². The minimum Gasteiger partial charge on any atom is -0.477 e. The number of carbonyl (C=O) groups is 1. The van der Waals surface area contributed by atoms with Gasteiger partial charge in [-0.25, -0.2) is 14.3 Å². The van der Waals surface area contributed by atoms with Gasteiger partial charge in [0.2, 0.25) is 0 Å². The van der Waals surface area contributed by atoms with Gasteiger partial charge in [-0.15, -0.1) is 0 Å². The number of nitrogens with zero attached hydrogens (tertiary/aromatic N) is 3. The van der Waals surface area contributed by atoms with E-state index < -0.39 is 17.8 Å². The van der Waals surface area contributed by atoms with Gasteiger partial charge in [0.1, 0.15) is 0 Å². The highest BCUT2D eigenvalue weighted by Gasteiger charge is 2.35. The van der Waals surface area contributed by atoms with Crippen LogP contribution < -0.4 is 0 Å².